The van der Waals surface area contributed by atoms with Crippen molar-refractivity contribution in [1.82, 2.24) is 9.97 Å². The Morgan fingerprint density at radius 2 is 1.95 bits per heavy atom. The summed E-state index contributed by atoms with van der Waals surface area (Å²) >= 11 is 5.84. The molecule has 20 heavy (non-hydrogen) atoms. The van der Waals surface area contributed by atoms with Crippen LogP contribution in [-0.2, 0) is 0 Å². The van der Waals surface area contributed by atoms with Gasteiger partial charge in [0.25, 0.3) is 0 Å². The predicted molar refractivity (Wildman–Crippen MR) is 76.9 cm³/mol. The van der Waals surface area contributed by atoms with Crippen LogP contribution in [0, 0.1) is 6.92 Å². The van der Waals surface area contributed by atoms with Gasteiger partial charge in [-0.1, -0.05) is 0 Å². The fourth-order valence-corrected chi connectivity index (χ4v) is 2.11. The number of benzene rings is 1. The normalized spacial score (nSPS) is 13.1. The van der Waals surface area contributed by atoms with Crippen molar-refractivity contribution >= 4 is 28.8 Å². The molecule has 104 valence electrons. The van der Waals surface area contributed by atoms with E-state index >= 15 is 0 Å². The first kappa shape index (κ1) is 12.8. The van der Waals surface area contributed by atoms with E-state index in [4.69, 9.17) is 26.8 Å². The van der Waals surface area contributed by atoms with Crippen molar-refractivity contribution < 1.29 is 9.47 Å². The average molecular weight is 293 g/mol. The van der Waals surface area contributed by atoms with E-state index in [1.165, 1.54) is 0 Å². The third kappa shape index (κ3) is 2.42. The summed E-state index contributed by atoms with van der Waals surface area (Å²) in [7, 11) is 0. The summed E-state index contributed by atoms with van der Waals surface area (Å²) in [6.45, 7) is 2.88. The Morgan fingerprint density at radius 1 is 1.20 bits per heavy atom. The number of anilines is 3. The SMILES string of the molecule is Cc1nc(Cl)nc(Nc2ccc3c(c2)OCCO3)c1N. The van der Waals surface area contributed by atoms with E-state index in [9.17, 15) is 0 Å². The van der Waals surface area contributed by atoms with E-state index in [1.807, 2.05) is 18.2 Å². The van der Waals surface area contributed by atoms with E-state index in [-0.39, 0.29) is 5.28 Å². The lowest BCUT2D eigenvalue weighted by Gasteiger charge is -2.19. The molecule has 7 heteroatoms. The molecule has 2 aromatic rings. The van der Waals surface area contributed by atoms with Gasteiger partial charge in [-0.2, -0.15) is 4.98 Å². The summed E-state index contributed by atoms with van der Waals surface area (Å²) in [5, 5.41) is 3.26. The maximum Gasteiger partial charge on any atom is 0.224 e. The molecule has 6 nitrogen and oxygen atoms in total. The molecule has 0 fully saturated rings. The van der Waals surface area contributed by atoms with Crippen LogP contribution >= 0.6 is 11.6 Å². The molecule has 0 saturated carbocycles. The molecule has 1 aliphatic rings. The zero-order valence-corrected chi connectivity index (χ0v) is 11.6. The molecule has 0 radical (unpaired) electrons. The number of aryl methyl sites for hydroxylation is 1. The molecular formula is C13H13ClN4O2. The highest BCUT2D eigenvalue weighted by molar-refractivity contribution is 6.28. The van der Waals surface area contributed by atoms with E-state index in [0.29, 0.717) is 36.2 Å². The van der Waals surface area contributed by atoms with Gasteiger partial charge in [0.2, 0.25) is 5.28 Å². The third-order valence-corrected chi connectivity index (χ3v) is 3.08. The van der Waals surface area contributed by atoms with Crippen LogP contribution in [0.25, 0.3) is 0 Å². The van der Waals surface area contributed by atoms with Gasteiger partial charge in [0.1, 0.15) is 13.2 Å². The molecule has 3 N–H and O–H groups in total. The summed E-state index contributed by atoms with van der Waals surface area (Å²) in [5.74, 6) is 1.89. The molecule has 0 spiro atoms. The molecule has 2 heterocycles. The lowest BCUT2D eigenvalue weighted by molar-refractivity contribution is 0.171. The molecule has 0 unspecified atom stereocenters. The van der Waals surface area contributed by atoms with Crippen LogP contribution in [0.1, 0.15) is 5.69 Å². The number of nitrogen functional groups attached to an aromatic ring is 1. The van der Waals surface area contributed by atoms with Crippen LogP contribution < -0.4 is 20.5 Å². The standard InChI is InChI=1S/C13H13ClN4O2/c1-7-11(15)12(18-13(14)16-7)17-8-2-3-9-10(6-8)20-5-4-19-9/h2-3,6H,4-5,15H2,1H3,(H,16,17,18). The van der Waals surface area contributed by atoms with Crippen LogP contribution in [0.2, 0.25) is 5.28 Å². The predicted octanol–water partition coefficient (Wildman–Crippen LogP) is 2.54. The van der Waals surface area contributed by atoms with Gasteiger partial charge in [0.05, 0.1) is 11.4 Å². The Hall–Kier alpha value is -2.21. The molecular weight excluding hydrogens is 280 g/mol. The maximum atomic E-state index is 5.94. The molecule has 0 saturated heterocycles. The Kier molecular flexibility index (Phi) is 3.23. The van der Waals surface area contributed by atoms with Crippen molar-refractivity contribution in [3.05, 3.63) is 29.2 Å². The first-order chi connectivity index (χ1) is 9.63. The fraction of sp³-hybridized carbons (Fsp3) is 0.231. The van der Waals surface area contributed by atoms with Crippen molar-refractivity contribution in [2.45, 2.75) is 6.92 Å². The highest BCUT2D eigenvalue weighted by Crippen LogP contribution is 2.34. The van der Waals surface area contributed by atoms with Gasteiger partial charge in [-0.3, -0.25) is 0 Å². The monoisotopic (exact) mass is 292 g/mol. The highest BCUT2D eigenvalue weighted by atomic mass is 35.5. The summed E-state index contributed by atoms with van der Waals surface area (Å²) in [6.07, 6.45) is 0. The van der Waals surface area contributed by atoms with Gasteiger partial charge in [0.15, 0.2) is 17.3 Å². The minimum Gasteiger partial charge on any atom is -0.486 e. The summed E-state index contributed by atoms with van der Waals surface area (Å²) in [5.41, 5.74) is 7.81. The minimum atomic E-state index is 0.150. The fourth-order valence-electron chi connectivity index (χ4n) is 1.90. The number of fused-ring (bicyclic) bond motifs is 1. The van der Waals surface area contributed by atoms with Crippen LogP contribution in [0.5, 0.6) is 11.5 Å². The molecule has 1 aliphatic heterocycles. The smallest absolute Gasteiger partial charge is 0.224 e. The topological polar surface area (TPSA) is 82.3 Å². The van der Waals surface area contributed by atoms with Crippen molar-refractivity contribution in [1.29, 1.82) is 0 Å². The molecule has 0 bridgehead atoms. The zero-order valence-electron chi connectivity index (χ0n) is 10.8. The number of hydrogen-bond donors (Lipinski definition) is 2. The Balaban J connectivity index is 1.91. The molecule has 0 aliphatic carbocycles. The van der Waals surface area contributed by atoms with Gasteiger partial charge in [-0.05, 0) is 30.7 Å². The van der Waals surface area contributed by atoms with Crippen molar-refractivity contribution in [3.63, 3.8) is 0 Å². The lowest BCUT2D eigenvalue weighted by Crippen LogP contribution is -2.15. The largest absolute Gasteiger partial charge is 0.486 e. The van der Waals surface area contributed by atoms with Gasteiger partial charge in [-0.15, -0.1) is 0 Å². The van der Waals surface area contributed by atoms with E-state index in [0.717, 1.165) is 11.4 Å². The van der Waals surface area contributed by atoms with Gasteiger partial charge in [0, 0.05) is 11.8 Å². The van der Waals surface area contributed by atoms with Crippen LogP contribution in [-0.4, -0.2) is 23.2 Å². The molecule has 1 aromatic carbocycles. The Labute approximate surface area is 120 Å². The number of hydrogen-bond acceptors (Lipinski definition) is 6. The second-order valence-electron chi connectivity index (χ2n) is 4.32. The van der Waals surface area contributed by atoms with E-state index < -0.39 is 0 Å². The molecule has 0 amide bonds. The maximum absolute atomic E-state index is 5.94. The second kappa shape index (κ2) is 5.05. The number of nitrogens with two attached hydrogens (primary N) is 1. The number of aromatic nitrogens is 2. The first-order valence-electron chi connectivity index (χ1n) is 6.10. The Bertz CT molecular complexity index is 663. The van der Waals surface area contributed by atoms with Gasteiger partial charge >= 0.3 is 0 Å². The summed E-state index contributed by atoms with van der Waals surface area (Å²) < 4.78 is 11.0. The summed E-state index contributed by atoms with van der Waals surface area (Å²) in [6, 6.07) is 5.53. The van der Waals surface area contributed by atoms with E-state index in [1.54, 1.807) is 6.92 Å². The molecule has 1 aromatic heterocycles. The quantitative estimate of drug-likeness (QED) is 0.828. The third-order valence-electron chi connectivity index (χ3n) is 2.91. The minimum absolute atomic E-state index is 0.150. The molecule has 3 rings (SSSR count). The van der Waals surface area contributed by atoms with Crippen LogP contribution in [0.15, 0.2) is 18.2 Å². The van der Waals surface area contributed by atoms with Crippen LogP contribution in [0.3, 0.4) is 0 Å². The number of nitrogens with one attached hydrogen (secondary N) is 1. The van der Waals surface area contributed by atoms with Crippen molar-refractivity contribution in [2.24, 2.45) is 0 Å². The number of nitrogens with zero attached hydrogens (tertiary/aromatic N) is 2. The lowest BCUT2D eigenvalue weighted by atomic mass is 10.2. The van der Waals surface area contributed by atoms with Crippen molar-refractivity contribution in [2.75, 3.05) is 24.3 Å². The summed E-state index contributed by atoms with van der Waals surface area (Å²) in [4.78, 5) is 8.08. The number of halogens is 1. The zero-order chi connectivity index (χ0) is 14.1. The van der Waals surface area contributed by atoms with Crippen molar-refractivity contribution in [3.8, 4) is 11.5 Å². The second-order valence-corrected chi connectivity index (χ2v) is 4.66. The van der Waals surface area contributed by atoms with Crippen LogP contribution in [0.4, 0.5) is 17.2 Å². The molecule has 0 atom stereocenters. The Morgan fingerprint density at radius 3 is 2.75 bits per heavy atom. The van der Waals surface area contributed by atoms with E-state index in [2.05, 4.69) is 15.3 Å². The number of rotatable bonds is 2. The van der Waals surface area contributed by atoms with Gasteiger partial charge in [-0.25, -0.2) is 4.98 Å². The number of ether oxygens (including phenoxy) is 2. The van der Waals surface area contributed by atoms with Gasteiger partial charge < -0.3 is 20.5 Å². The highest BCUT2D eigenvalue weighted by Gasteiger charge is 2.13. The average Bonchev–Trinajstić information content (AvgIpc) is 2.44. The first-order valence-corrected chi connectivity index (χ1v) is 6.47.